The van der Waals surface area contributed by atoms with E-state index >= 15 is 0 Å². The molecule has 3 heterocycles. The first-order valence-electron chi connectivity index (χ1n) is 8.33. The van der Waals surface area contributed by atoms with Gasteiger partial charge in [-0.3, -0.25) is 9.78 Å². The molecule has 4 rings (SSSR count). The smallest absolute Gasteiger partial charge is 0.255 e. The maximum atomic E-state index is 12.5. The minimum Gasteiger partial charge on any atom is -0.469 e. The molecule has 3 aromatic rings. The third-order valence-corrected chi connectivity index (χ3v) is 4.53. The van der Waals surface area contributed by atoms with Crippen LogP contribution in [0, 0.1) is 6.92 Å². The van der Waals surface area contributed by atoms with Crippen LogP contribution in [0.1, 0.15) is 46.3 Å². The van der Waals surface area contributed by atoms with E-state index in [0.717, 1.165) is 36.1 Å². The maximum Gasteiger partial charge on any atom is 0.255 e. The van der Waals surface area contributed by atoms with Crippen LogP contribution in [-0.2, 0) is 6.42 Å². The van der Waals surface area contributed by atoms with Crippen LogP contribution in [0.25, 0.3) is 11.4 Å². The average Bonchev–Trinajstić information content (AvgIpc) is 3.08. The molecular formula is C19H18N4O2. The molecule has 0 bridgehead atoms. The molecule has 1 aliphatic carbocycles. The number of furan rings is 1. The quantitative estimate of drug-likeness (QED) is 0.795. The second-order valence-electron chi connectivity index (χ2n) is 6.14. The van der Waals surface area contributed by atoms with Gasteiger partial charge in [0.25, 0.3) is 5.91 Å². The van der Waals surface area contributed by atoms with E-state index in [-0.39, 0.29) is 11.9 Å². The van der Waals surface area contributed by atoms with Gasteiger partial charge in [0.05, 0.1) is 17.9 Å². The number of carbonyl (C=O) groups is 1. The zero-order valence-corrected chi connectivity index (χ0v) is 13.9. The summed E-state index contributed by atoms with van der Waals surface area (Å²) in [6, 6.07) is 5.41. The zero-order chi connectivity index (χ0) is 17.2. The molecule has 25 heavy (non-hydrogen) atoms. The van der Waals surface area contributed by atoms with E-state index in [1.807, 2.05) is 18.3 Å². The fourth-order valence-corrected chi connectivity index (χ4v) is 3.19. The van der Waals surface area contributed by atoms with Gasteiger partial charge in [-0.25, -0.2) is 9.97 Å². The first-order chi connectivity index (χ1) is 12.2. The van der Waals surface area contributed by atoms with Gasteiger partial charge in [-0.1, -0.05) is 0 Å². The minimum absolute atomic E-state index is 0.0722. The van der Waals surface area contributed by atoms with E-state index in [1.54, 1.807) is 25.4 Å². The first-order valence-corrected chi connectivity index (χ1v) is 8.33. The second-order valence-corrected chi connectivity index (χ2v) is 6.14. The summed E-state index contributed by atoms with van der Waals surface area (Å²) in [4.78, 5) is 25.7. The molecule has 6 nitrogen and oxygen atoms in total. The van der Waals surface area contributed by atoms with Crippen molar-refractivity contribution in [2.75, 3.05) is 0 Å². The van der Waals surface area contributed by atoms with Crippen molar-refractivity contribution < 1.29 is 9.21 Å². The summed E-state index contributed by atoms with van der Waals surface area (Å²) in [7, 11) is 0. The van der Waals surface area contributed by atoms with Crippen molar-refractivity contribution in [1.82, 2.24) is 20.3 Å². The highest BCUT2D eigenvalue weighted by molar-refractivity contribution is 5.95. The van der Waals surface area contributed by atoms with E-state index in [1.165, 1.54) is 6.26 Å². The predicted molar refractivity (Wildman–Crippen MR) is 91.9 cm³/mol. The van der Waals surface area contributed by atoms with E-state index < -0.39 is 0 Å². The number of pyridine rings is 1. The monoisotopic (exact) mass is 334 g/mol. The summed E-state index contributed by atoms with van der Waals surface area (Å²) in [6.07, 6.45) is 9.59. The number of carbonyl (C=O) groups excluding carboxylic acids is 1. The average molecular weight is 334 g/mol. The second kappa shape index (κ2) is 6.47. The van der Waals surface area contributed by atoms with Crippen LogP contribution in [0.4, 0.5) is 0 Å². The molecule has 1 amide bonds. The van der Waals surface area contributed by atoms with Crippen LogP contribution in [0.15, 0.2) is 47.5 Å². The number of nitrogens with one attached hydrogen (secondary N) is 1. The van der Waals surface area contributed by atoms with Crippen LogP contribution in [0.2, 0.25) is 0 Å². The van der Waals surface area contributed by atoms with Gasteiger partial charge in [-0.2, -0.15) is 0 Å². The van der Waals surface area contributed by atoms with E-state index in [9.17, 15) is 4.79 Å². The normalized spacial score (nSPS) is 16.3. The number of fused-ring (bicyclic) bond motifs is 1. The largest absolute Gasteiger partial charge is 0.469 e. The molecule has 0 saturated carbocycles. The summed E-state index contributed by atoms with van der Waals surface area (Å²) >= 11 is 0. The molecule has 0 aliphatic heterocycles. The van der Waals surface area contributed by atoms with Gasteiger partial charge in [0, 0.05) is 35.4 Å². The first kappa shape index (κ1) is 15.5. The van der Waals surface area contributed by atoms with Gasteiger partial charge in [0.15, 0.2) is 5.82 Å². The summed E-state index contributed by atoms with van der Waals surface area (Å²) in [5, 5.41) is 3.09. The molecular weight excluding hydrogens is 316 g/mol. The minimum atomic E-state index is -0.123. The van der Waals surface area contributed by atoms with Gasteiger partial charge in [0.2, 0.25) is 0 Å². The molecule has 0 unspecified atom stereocenters. The summed E-state index contributed by atoms with van der Waals surface area (Å²) in [5.41, 5.74) is 3.51. The summed E-state index contributed by atoms with van der Waals surface area (Å²) < 4.78 is 5.22. The Bertz CT molecular complexity index is 905. The molecule has 0 fully saturated rings. The molecule has 0 aromatic carbocycles. The Morgan fingerprint density at radius 3 is 2.88 bits per heavy atom. The third kappa shape index (κ3) is 3.03. The van der Waals surface area contributed by atoms with Crippen LogP contribution in [-0.4, -0.2) is 20.9 Å². The Morgan fingerprint density at radius 2 is 2.12 bits per heavy atom. The predicted octanol–water partition coefficient (Wildman–Crippen LogP) is 3.25. The van der Waals surface area contributed by atoms with Crippen LogP contribution >= 0.6 is 0 Å². The van der Waals surface area contributed by atoms with Crippen LogP contribution in [0.5, 0.6) is 0 Å². The van der Waals surface area contributed by atoms with Crippen molar-refractivity contribution in [2.24, 2.45) is 0 Å². The van der Waals surface area contributed by atoms with Crippen molar-refractivity contribution in [3.8, 4) is 11.4 Å². The van der Waals surface area contributed by atoms with Crippen LogP contribution in [0.3, 0.4) is 0 Å². The summed E-state index contributed by atoms with van der Waals surface area (Å²) in [6.45, 7) is 1.79. The number of nitrogens with zero attached hydrogens (tertiary/aromatic N) is 3. The van der Waals surface area contributed by atoms with E-state index in [4.69, 9.17) is 9.40 Å². The summed E-state index contributed by atoms with van der Waals surface area (Å²) in [5.74, 6) is 1.19. The topological polar surface area (TPSA) is 80.9 Å². The Hall–Kier alpha value is -3.02. The standard InChI is InChI=1S/C19H18N4O2/c1-12-14(7-10-25-12)19(24)23-17-4-2-3-16-15(17)11-21-18(22-16)13-5-8-20-9-6-13/h5-11,17H,2-4H2,1H3,(H,23,24)/t17-/m1/s1. The third-order valence-electron chi connectivity index (χ3n) is 4.53. The van der Waals surface area contributed by atoms with Gasteiger partial charge in [0.1, 0.15) is 5.76 Å². The van der Waals surface area contributed by atoms with E-state index in [0.29, 0.717) is 17.1 Å². The molecule has 1 N–H and O–H groups in total. The van der Waals surface area contributed by atoms with Gasteiger partial charge < -0.3 is 9.73 Å². The van der Waals surface area contributed by atoms with Gasteiger partial charge in [-0.05, 0) is 44.4 Å². The Labute approximate surface area is 145 Å². The Balaban J connectivity index is 1.60. The van der Waals surface area contributed by atoms with Gasteiger partial charge >= 0.3 is 0 Å². The number of hydrogen-bond acceptors (Lipinski definition) is 5. The van der Waals surface area contributed by atoms with Crippen molar-refractivity contribution in [3.05, 3.63) is 65.6 Å². The fraction of sp³-hybridized carbons (Fsp3) is 0.263. The highest BCUT2D eigenvalue weighted by Crippen LogP contribution is 2.30. The molecule has 0 spiro atoms. The number of rotatable bonds is 3. The zero-order valence-electron chi connectivity index (χ0n) is 13.9. The maximum absolute atomic E-state index is 12.5. The lowest BCUT2D eigenvalue weighted by molar-refractivity contribution is 0.0931. The number of amides is 1. The van der Waals surface area contributed by atoms with Gasteiger partial charge in [-0.15, -0.1) is 0 Å². The number of hydrogen-bond donors (Lipinski definition) is 1. The molecule has 6 heteroatoms. The van der Waals surface area contributed by atoms with Crippen LogP contribution < -0.4 is 5.32 Å². The van der Waals surface area contributed by atoms with Crippen molar-refractivity contribution in [2.45, 2.75) is 32.2 Å². The lowest BCUT2D eigenvalue weighted by Gasteiger charge is -2.25. The van der Waals surface area contributed by atoms with Crippen molar-refractivity contribution in [1.29, 1.82) is 0 Å². The lowest BCUT2D eigenvalue weighted by atomic mass is 9.92. The highest BCUT2D eigenvalue weighted by atomic mass is 16.3. The highest BCUT2D eigenvalue weighted by Gasteiger charge is 2.25. The molecule has 0 radical (unpaired) electrons. The number of aromatic nitrogens is 3. The van der Waals surface area contributed by atoms with Crippen molar-refractivity contribution >= 4 is 5.91 Å². The van der Waals surface area contributed by atoms with Crippen molar-refractivity contribution in [3.63, 3.8) is 0 Å². The molecule has 126 valence electrons. The molecule has 1 atom stereocenters. The molecule has 1 aliphatic rings. The SMILES string of the molecule is Cc1occc1C(=O)N[C@@H]1CCCc2nc(-c3ccncc3)ncc21. The molecule has 0 saturated heterocycles. The number of aryl methyl sites for hydroxylation is 2. The van der Waals surface area contributed by atoms with E-state index in [2.05, 4.69) is 15.3 Å². The Kier molecular flexibility index (Phi) is 4.01. The fourth-order valence-electron chi connectivity index (χ4n) is 3.19. The Morgan fingerprint density at radius 1 is 1.28 bits per heavy atom. The molecule has 3 aromatic heterocycles. The lowest BCUT2D eigenvalue weighted by Crippen LogP contribution is -2.31.